The van der Waals surface area contributed by atoms with E-state index in [1.165, 1.54) is 88.1 Å². The highest BCUT2D eigenvalue weighted by atomic mass is 15.1. The number of hydrogen-bond acceptors (Lipinski definition) is 6. The minimum absolute atomic E-state index is 0.878. The number of pyridine rings is 3. The van der Waals surface area contributed by atoms with E-state index >= 15 is 0 Å². The second kappa shape index (κ2) is 12.9. The van der Waals surface area contributed by atoms with Gasteiger partial charge in [-0.2, -0.15) is 0 Å². The third-order valence-corrected chi connectivity index (χ3v) is 12.2. The number of piperidine rings is 2. The minimum atomic E-state index is 0.878. The first kappa shape index (κ1) is 31.6. The Bertz CT molecular complexity index is 2810. The van der Waals surface area contributed by atoms with Crippen LogP contribution in [0, 0.1) is 0 Å². The molecule has 0 saturated carbocycles. The summed E-state index contributed by atoms with van der Waals surface area (Å²) in [5.41, 5.74) is 12.3. The highest BCUT2D eigenvalue weighted by molar-refractivity contribution is 6.27. The van der Waals surface area contributed by atoms with Gasteiger partial charge in [-0.25, -0.2) is 4.98 Å². The zero-order valence-electron chi connectivity index (χ0n) is 30.6. The average Bonchev–Trinajstić information content (AvgIpc) is 3.25. The van der Waals surface area contributed by atoms with E-state index in [1.807, 2.05) is 24.5 Å². The highest BCUT2D eigenvalue weighted by Gasteiger charge is 2.25. The van der Waals surface area contributed by atoms with Gasteiger partial charge in [-0.05, 0) is 121 Å². The number of anilines is 2. The lowest BCUT2D eigenvalue weighted by Crippen LogP contribution is -2.29. The molecule has 264 valence electrons. The first-order valence-electron chi connectivity index (χ1n) is 19.9. The maximum atomic E-state index is 5.58. The van der Waals surface area contributed by atoms with Crippen molar-refractivity contribution in [3.63, 3.8) is 0 Å². The quantitative estimate of drug-likeness (QED) is 0.135. The van der Waals surface area contributed by atoms with Crippen LogP contribution in [-0.2, 0) is 6.42 Å². The molecule has 2 fully saturated rings. The van der Waals surface area contributed by atoms with E-state index in [9.17, 15) is 0 Å². The highest BCUT2D eigenvalue weighted by Crippen LogP contribution is 2.45. The van der Waals surface area contributed by atoms with Gasteiger partial charge in [0, 0.05) is 82.9 Å². The van der Waals surface area contributed by atoms with Crippen molar-refractivity contribution >= 4 is 77.0 Å². The van der Waals surface area contributed by atoms with E-state index in [1.54, 1.807) is 0 Å². The Morgan fingerprint density at radius 1 is 0.463 bits per heavy atom. The van der Waals surface area contributed by atoms with Crippen LogP contribution < -0.4 is 9.80 Å². The molecule has 11 rings (SSSR count). The van der Waals surface area contributed by atoms with Crippen molar-refractivity contribution in [1.29, 1.82) is 0 Å². The number of benzene rings is 5. The van der Waals surface area contributed by atoms with Gasteiger partial charge in [-0.15, -0.1) is 0 Å². The van der Waals surface area contributed by atoms with Crippen molar-refractivity contribution < 1.29 is 0 Å². The van der Waals surface area contributed by atoms with E-state index in [0.717, 1.165) is 88.8 Å². The first-order valence-corrected chi connectivity index (χ1v) is 19.9. The fraction of sp³-hybridized carbons (Fsp3) is 0.250. The van der Waals surface area contributed by atoms with Crippen LogP contribution in [0.5, 0.6) is 0 Å². The van der Waals surface area contributed by atoms with Gasteiger partial charge >= 0.3 is 0 Å². The van der Waals surface area contributed by atoms with E-state index in [-0.39, 0.29) is 0 Å². The molecule has 0 radical (unpaired) electrons. The summed E-state index contributed by atoms with van der Waals surface area (Å²) in [5, 5.41) is 8.29. The van der Waals surface area contributed by atoms with E-state index < -0.39 is 0 Å². The third kappa shape index (κ3) is 5.22. The molecule has 3 aliphatic heterocycles. The van der Waals surface area contributed by atoms with Gasteiger partial charge in [0.15, 0.2) is 0 Å². The Balaban J connectivity index is 1.23. The average molecular weight is 703 g/mol. The molecule has 8 aromatic rings. The van der Waals surface area contributed by atoms with Crippen molar-refractivity contribution in [1.82, 2.24) is 15.0 Å². The summed E-state index contributed by atoms with van der Waals surface area (Å²) >= 11 is 0. The van der Waals surface area contributed by atoms with Crippen molar-refractivity contribution in [3.05, 3.63) is 121 Å². The number of aryl methyl sites for hydroxylation is 1. The van der Waals surface area contributed by atoms with E-state index in [4.69, 9.17) is 19.9 Å². The SMILES string of the molecule is c1cnc2c3c(ccc2c1)CCC(c1c2cc(N4CCCCC4)ccc2c(-c2ccc4ccc5cccnc5c4n2)c2cc(N4CCCCC4)ccc12)=N3. The lowest BCUT2D eigenvalue weighted by molar-refractivity contribution is 0.578. The van der Waals surface area contributed by atoms with Gasteiger partial charge in [-0.1, -0.05) is 54.6 Å². The maximum absolute atomic E-state index is 5.58. The molecule has 0 atom stereocenters. The molecule has 0 bridgehead atoms. The molecule has 2 saturated heterocycles. The molecule has 0 N–H and O–H groups in total. The van der Waals surface area contributed by atoms with E-state index in [2.05, 4.69) is 94.7 Å². The normalized spacial score (nSPS) is 16.4. The summed E-state index contributed by atoms with van der Waals surface area (Å²) in [6.07, 6.45) is 13.1. The summed E-state index contributed by atoms with van der Waals surface area (Å²) in [6, 6.07) is 35.9. The Morgan fingerprint density at radius 2 is 1.04 bits per heavy atom. The molecule has 0 unspecified atom stereocenters. The standard InChI is InChI=1S/C48H42N6/c1-3-25-53(26-4-1)35-17-19-37-39(29-35)43(41-21-15-33-13-11-31-9-7-23-49-45(31)47(33)51-41)38-20-18-36(54-27-5-2-6-28-54)30-40(38)44(37)42-22-16-34-14-12-32-10-8-24-50-46(32)48(34)52-42/h7-15,17-21,23-24,29-30H,1-6,16,22,25-28H2. The Labute approximate surface area is 315 Å². The molecule has 0 aliphatic carbocycles. The number of hydrogen-bond donors (Lipinski definition) is 0. The minimum Gasteiger partial charge on any atom is -0.372 e. The molecular weight excluding hydrogens is 661 g/mol. The molecule has 6 heteroatoms. The lowest BCUT2D eigenvalue weighted by Gasteiger charge is -2.31. The maximum Gasteiger partial charge on any atom is 0.0972 e. The van der Waals surface area contributed by atoms with Gasteiger partial charge in [0.25, 0.3) is 0 Å². The van der Waals surface area contributed by atoms with Gasteiger partial charge in [-0.3, -0.25) is 15.0 Å². The zero-order chi connectivity index (χ0) is 35.6. The molecule has 54 heavy (non-hydrogen) atoms. The lowest BCUT2D eigenvalue weighted by atomic mass is 9.85. The molecule has 6 heterocycles. The summed E-state index contributed by atoms with van der Waals surface area (Å²) in [6.45, 7) is 4.38. The largest absolute Gasteiger partial charge is 0.372 e. The molecule has 5 aromatic carbocycles. The molecule has 0 amide bonds. The number of fused-ring (bicyclic) bond motifs is 8. The topological polar surface area (TPSA) is 57.5 Å². The van der Waals surface area contributed by atoms with Gasteiger partial charge in [0.2, 0.25) is 0 Å². The van der Waals surface area contributed by atoms with Gasteiger partial charge in [0.05, 0.1) is 27.9 Å². The van der Waals surface area contributed by atoms with Crippen LogP contribution >= 0.6 is 0 Å². The van der Waals surface area contributed by atoms with Crippen LogP contribution in [0.25, 0.3) is 65.5 Å². The Morgan fingerprint density at radius 3 is 1.74 bits per heavy atom. The fourth-order valence-corrected chi connectivity index (χ4v) is 9.47. The number of aromatic nitrogens is 3. The predicted octanol–water partition coefficient (Wildman–Crippen LogP) is 11.4. The number of aliphatic imine (C=N–C) groups is 1. The predicted molar refractivity (Wildman–Crippen MR) is 226 cm³/mol. The molecule has 3 aromatic heterocycles. The van der Waals surface area contributed by atoms with Crippen molar-refractivity contribution in [2.24, 2.45) is 4.99 Å². The summed E-state index contributed by atoms with van der Waals surface area (Å²) in [4.78, 5) is 25.9. The summed E-state index contributed by atoms with van der Waals surface area (Å²) in [7, 11) is 0. The van der Waals surface area contributed by atoms with Gasteiger partial charge in [0.1, 0.15) is 0 Å². The second-order valence-corrected chi connectivity index (χ2v) is 15.4. The van der Waals surface area contributed by atoms with Crippen LogP contribution in [0.1, 0.15) is 56.1 Å². The van der Waals surface area contributed by atoms with E-state index in [0.29, 0.717) is 0 Å². The van der Waals surface area contributed by atoms with Crippen molar-refractivity contribution in [3.8, 4) is 11.3 Å². The molecule has 3 aliphatic rings. The molecule has 6 nitrogen and oxygen atoms in total. The molecular formula is C48H42N6. The van der Waals surface area contributed by atoms with Crippen LogP contribution in [-0.4, -0.2) is 46.8 Å². The Hall–Kier alpha value is -5.88. The van der Waals surface area contributed by atoms with Gasteiger partial charge < -0.3 is 9.80 Å². The number of nitrogens with zero attached hydrogens (tertiary/aromatic N) is 6. The Kier molecular flexibility index (Phi) is 7.56. The van der Waals surface area contributed by atoms with Crippen molar-refractivity contribution in [2.45, 2.75) is 51.4 Å². The summed E-state index contributed by atoms with van der Waals surface area (Å²) in [5.74, 6) is 0. The van der Waals surface area contributed by atoms with Crippen LogP contribution in [0.15, 0.2) is 114 Å². The first-order chi connectivity index (χ1) is 26.8. The zero-order valence-corrected chi connectivity index (χ0v) is 30.6. The van der Waals surface area contributed by atoms with Crippen LogP contribution in [0.3, 0.4) is 0 Å². The monoisotopic (exact) mass is 702 g/mol. The van der Waals surface area contributed by atoms with Crippen LogP contribution in [0.2, 0.25) is 0 Å². The summed E-state index contributed by atoms with van der Waals surface area (Å²) < 4.78 is 0. The van der Waals surface area contributed by atoms with Crippen LogP contribution in [0.4, 0.5) is 17.1 Å². The fourth-order valence-electron chi connectivity index (χ4n) is 9.47. The third-order valence-electron chi connectivity index (χ3n) is 12.2. The van der Waals surface area contributed by atoms with Crippen molar-refractivity contribution in [2.75, 3.05) is 36.0 Å². The number of rotatable bonds is 4. The second-order valence-electron chi connectivity index (χ2n) is 15.4. The molecule has 0 spiro atoms. The smallest absolute Gasteiger partial charge is 0.0972 e.